The Kier molecular flexibility index (Phi) is 6.10. The Labute approximate surface area is 188 Å². The molecule has 1 fully saturated rings. The van der Waals surface area contributed by atoms with Gasteiger partial charge in [0.25, 0.3) is 5.91 Å². The smallest absolute Gasteiger partial charge is 0.265 e. The number of hydrogen-bond donors (Lipinski definition) is 0. The van der Waals surface area contributed by atoms with E-state index < -0.39 is 0 Å². The molecule has 1 aliphatic heterocycles. The number of carbonyl (C=O) groups excluding carboxylic acids is 2. The van der Waals surface area contributed by atoms with E-state index in [1.165, 1.54) is 27.4 Å². The first-order chi connectivity index (χ1) is 14.9. The van der Waals surface area contributed by atoms with Gasteiger partial charge in [-0.05, 0) is 19.4 Å². The fourth-order valence-electron chi connectivity index (χ4n) is 3.34. The van der Waals surface area contributed by atoms with E-state index in [2.05, 4.69) is 20.1 Å². The summed E-state index contributed by atoms with van der Waals surface area (Å²) in [6.07, 6.45) is 8.73. The molecular formula is C20H20ClN7O2S. The number of halogens is 1. The van der Waals surface area contributed by atoms with Crippen LogP contribution in [0.5, 0.6) is 0 Å². The molecule has 1 aliphatic rings. The predicted molar refractivity (Wildman–Crippen MR) is 117 cm³/mol. The lowest BCUT2D eigenvalue weighted by molar-refractivity contribution is -0.154. The summed E-state index contributed by atoms with van der Waals surface area (Å²) in [5.74, 6) is -0.450. The molecule has 3 aromatic rings. The van der Waals surface area contributed by atoms with Crippen molar-refractivity contribution in [2.75, 3.05) is 13.1 Å². The molecule has 0 radical (unpaired) electrons. The summed E-state index contributed by atoms with van der Waals surface area (Å²) in [6.45, 7) is 2.80. The zero-order chi connectivity index (χ0) is 22.0. The molecule has 3 aromatic heterocycles. The van der Waals surface area contributed by atoms with Crippen LogP contribution in [-0.2, 0) is 23.1 Å². The molecule has 0 atom stereocenters. The van der Waals surface area contributed by atoms with Crippen LogP contribution in [0.2, 0.25) is 5.15 Å². The zero-order valence-electron chi connectivity index (χ0n) is 17.0. The lowest BCUT2D eigenvalue weighted by atomic mass is 10.2. The lowest BCUT2D eigenvalue weighted by Gasteiger charge is -2.26. The molecule has 0 unspecified atom stereocenters. The topological polar surface area (TPSA) is 97.1 Å². The van der Waals surface area contributed by atoms with E-state index in [0.29, 0.717) is 40.2 Å². The van der Waals surface area contributed by atoms with Crippen LogP contribution in [-0.4, -0.2) is 59.7 Å². The van der Waals surface area contributed by atoms with Gasteiger partial charge in [0.1, 0.15) is 15.9 Å². The highest BCUT2D eigenvalue weighted by Gasteiger charge is 2.30. The van der Waals surface area contributed by atoms with Crippen LogP contribution in [0.4, 0.5) is 0 Å². The van der Waals surface area contributed by atoms with Crippen LogP contribution in [0.25, 0.3) is 16.8 Å². The second kappa shape index (κ2) is 8.94. The molecule has 0 aliphatic carbocycles. The largest absolute Gasteiger partial charge is 0.273 e. The summed E-state index contributed by atoms with van der Waals surface area (Å²) >= 11 is 7.63. The highest BCUT2D eigenvalue weighted by atomic mass is 35.5. The molecule has 0 saturated carbocycles. The van der Waals surface area contributed by atoms with Crippen molar-refractivity contribution in [1.29, 1.82) is 0 Å². The molecule has 0 N–H and O–H groups in total. The highest BCUT2D eigenvalue weighted by Crippen LogP contribution is 2.23. The van der Waals surface area contributed by atoms with Crippen LogP contribution in [0, 0.1) is 6.92 Å². The van der Waals surface area contributed by atoms with Gasteiger partial charge in [-0.25, -0.2) is 9.99 Å². The number of aryl methyl sites for hydroxylation is 2. The molecule has 1 saturated heterocycles. The summed E-state index contributed by atoms with van der Waals surface area (Å²) in [4.78, 5) is 38.4. The Balaban J connectivity index is 1.43. The zero-order valence-corrected chi connectivity index (χ0v) is 18.6. The first kappa shape index (κ1) is 21.1. The number of thiazole rings is 1. The minimum absolute atomic E-state index is 0.109. The van der Waals surface area contributed by atoms with Gasteiger partial charge in [0, 0.05) is 49.6 Å². The molecule has 31 heavy (non-hydrogen) atoms. The molecular weight excluding hydrogens is 438 g/mol. The Hall–Kier alpha value is -3.11. The van der Waals surface area contributed by atoms with Gasteiger partial charge in [-0.1, -0.05) is 11.6 Å². The van der Waals surface area contributed by atoms with Gasteiger partial charge in [0.05, 0.1) is 24.0 Å². The second-order valence-corrected chi connectivity index (χ2v) is 8.21. The van der Waals surface area contributed by atoms with Crippen molar-refractivity contribution in [3.63, 3.8) is 0 Å². The summed E-state index contributed by atoms with van der Waals surface area (Å²) in [5, 5.41) is 10.2. The first-order valence-corrected chi connectivity index (χ1v) is 10.9. The molecule has 0 spiro atoms. The molecule has 0 bridgehead atoms. The summed E-state index contributed by atoms with van der Waals surface area (Å²) < 4.78 is 1.55. The van der Waals surface area contributed by atoms with Crippen molar-refractivity contribution in [3.05, 3.63) is 52.2 Å². The Morgan fingerprint density at radius 2 is 2.06 bits per heavy atom. The standard InChI is InChI=1S/C20H20ClN7O2S/c1-13-15(19(21)26(2)25-13)4-5-17(29)27-8-3-9-28(27)18(30)10-14-12-31-20(24-14)16-11-22-6-7-23-16/h4-7,11-12H,3,8-10H2,1-2H3/b5-4+. The Morgan fingerprint density at radius 3 is 2.77 bits per heavy atom. The summed E-state index contributed by atoms with van der Waals surface area (Å²) in [7, 11) is 1.74. The maximum absolute atomic E-state index is 12.9. The van der Waals surface area contributed by atoms with E-state index >= 15 is 0 Å². The average Bonchev–Trinajstić information content (AvgIpc) is 3.48. The molecule has 160 valence electrons. The predicted octanol–water partition coefficient (Wildman–Crippen LogP) is 2.53. The summed E-state index contributed by atoms with van der Waals surface area (Å²) in [6, 6.07) is 0. The fourth-order valence-corrected chi connectivity index (χ4v) is 4.36. The SMILES string of the molecule is Cc1nn(C)c(Cl)c1/C=C/C(=O)N1CCCN1C(=O)Cc1csc(-c2cnccn2)n1. The third-order valence-corrected chi connectivity index (χ3v) is 6.19. The second-order valence-electron chi connectivity index (χ2n) is 6.99. The third kappa shape index (κ3) is 4.49. The quantitative estimate of drug-likeness (QED) is 0.546. The van der Waals surface area contributed by atoms with Gasteiger partial charge in [-0.2, -0.15) is 5.10 Å². The van der Waals surface area contributed by atoms with Crippen LogP contribution in [0.1, 0.15) is 23.4 Å². The van der Waals surface area contributed by atoms with E-state index in [-0.39, 0.29) is 18.2 Å². The Morgan fingerprint density at radius 1 is 1.26 bits per heavy atom. The van der Waals surface area contributed by atoms with Gasteiger partial charge in [-0.15, -0.1) is 11.3 Å². The van der Waals surface area contributed by atoms with E-state index in [1.807, 2.05) is 12.3 Å². The monoisotopic (exact) mass is 457 g/mol. The number of aromatic nitrogens is 5. The molecule has 9 nitrogen and oxygen atoms in total. The van der Waals surface area contributed by atoms with Gasteiger partial charge in [0.15, 0.2) is 0 Å². The first-order valence-electron chi connectivity index (χ1n) is 9.64. The maximum atomic E-state index is 12.9. The molecule has 4 rings (SSSR count). The minimum Gasteiger partial charge on any atom is -0.273 e. The number of hydrazine groups is 1. The van der Waals surface area contributed by atoms with E-state index in [0.717, 1.165) is 12.1 Å². The van der Waals surface area contributed by atoms with Gasteiger partial charge in [0.2, 0.25) is 5.91 Å². The van der Waals surface area contributed by atoms with E-state index in [9.17, 15) is 9.59 Å². The third-order valence-electron chi connectivity index (χ3n) is 4.83. The number of amides is 2. The highest BCUT2D eigenvalue weighted by molar-refractivity contribution is 7.13. The fraction of sp³-hybridized carbons (Fsp3) is 0.300. The van der Waals surface area contributed by atoms with Gasteiger partial charge >= 0.3 is 0 Å². The van der Waals surface area contributed by atoms with Crippen LogP contribution >= 0.6 is 22.9 Å². The van der Waals surface area contributed by atoms with Crippen molar-refractivity contribution >= 4 is 40.8 Å². The van der Waals surface area contributed by atoms with Crippen LogP contribution in [0.3, 0.4) is 0 Å². The lowest BCUT2D eigenvalue weighted by Crippen LogP contribution is -2.44. The number of rotatable bonds is 5. The molecule has 11 heteroatoms. The van der Waals surface area contributed by atoms with Crippen LogP contribution < -0.4 is 0 Å². The maximum Gasteiger partial charge on any atom is 0.265 e. The number of nitrogens with zero attached hydrogens (tertiary/aromatic N) is 7. The van der Waals surface area contributed by atoms with Crippen molar-refractivity contribution in [1.82, 2.24) is 34.8 Å². The van der Waals surface area contributed by atoms with Gasteiger partial charge in [-0.3, -0.25) is 29.2 Å². The number of hydrogen-bond acceptors (Lipinski definition) is 7. The van der Waals surface area contributed by atoms with E-state index in [4.69, 9.17) is 11.6 Å². The Bertz CT molecular complexity index is 1140. The number of carbonyl (C=O) groups is 2. The van der Waals surface area contributed by atoms with E-state index in [1.54, 1.807) is 36.4 Å². The average molecular weight is 458 g/mol. The van der Waals surface area contributed by atoms with Crippen molar-refractivity contribution < 1.29 is 9.59 Å². The van der Waals surface area contributed by atoms with Crippen molar-refractivity contribution in [3.8, 4) is 10.7 Å². The van der Waals surface area contributed by atoms with Crippen molar-refractivity contribution in [2.24, 2.45) is 7.05 Å². The van der Waals surface area contributed by atoms with Gasteiger partial charge < -0.3 is 0 Å². The molecule has 4 heterocycles. The van der Waals surface area contributed by atoms with Crippen molar-refractivity contribution in [2.45, 2.75) is 19.8 Å². The molecule has 2 amide bonds. The normalized spacial score (nSPS) is 14.0. The summed E-state index contributed by atoms with van der Waals surface area (Å²) in [5.41, 5.74) is 2.73. The minimum atomic E-state index is -0.274. The van der Waals surface area contributed by atoms with Crippen LogP contribution in [0.15, 0.2) is 30.0 Å². The molecule has 0 aromatic carbocycles.